The molecule has 3 nitrogen and oxygen atoms in total. The Kier molecular flexibility index (Phi) is 6.70. The average Bonchev–Trinajstić information content (AvgIpc) is 2.41. The van der Waals surface area contributed by atoms with Gasteiger partial charge in [0.2, 0.25) is 0 Å². The van der Waals surface area contributed by atoms with Gasteiger partial charge in [0.05, 0.1) is 5.56 Å². The highest BCUT2D eigenvalue weighted by molar-refractivity contribution is 5.69. The maximum atomic E-state index is 12.6. The molecular formula is C18H22F3NO2. The van der Waals surface area contributed by atoms with Gasteiger partial charge in [-0.05, 0) is 51.8 Å². The topological polar surface area (TPSA) is 52.3 Å². The normalized spacial score (nSPS) is 11.6. The lowest BCUT2D eigenvalue weighted by atomic mass is 10.1. The molecule has 2 N–H and O–H groups in total. The van der Waals surface area contributed by atoms with Crippen LogP contribution in [-0.4, -0.2) is 11.6 Å². The van der Waals surface area contributed by atoms with Crippen molar-refractivity contribution < 1.29 is 22.7 Å². The number of esters is 1. The number of alkyl halides is 3. The standard InChI is InChI=1S/C18H22F3NO2/c1-17(2,3)24-16(23)9-7-5-4-6-8-13-12-14(18(19,20)21)10-11-15(13)22/h10-12H,4-5,7,9,22H2,1-3H3. The van der Waals surface area contributed by atoms with Gasteiger partial charge in [0.25, 0.3) is 0 Å². The van der Waals surface area contributed by atoms with Gasteiger partial charge in [-0.3, -0.25) is 4.79 Å². The molecule has 0 atom stereocenters. The van der Waals surface area contributed by atoms with E-state index in [0.29, 0.717) is 25.7 Å². The molecule has 0 bridgehead atoms. The first kappa shape index (κ1) is 19.9. The van der Waals surface area contributed by atoms with Crippen LogP contribution in [0, 0.1) is 11.8 Å². The van der Waals surface area contributed by atoms with Gasteiger partial charge in [0.15, 0.2) is 0 Å². The molecule has 1 aromatic carbocycles. The third-order valence-corrected chi connectivity index (χ3v) is 2.96. The number of ether oxygens (including phenoxy) is 1. The van der Waals surface area contributed by atoms with Crippen LogP contribution in [0.2, 0.25) is 0 Å². The average molecular weight is 341 g/mol. The van der Waals surface area contributed by atoms with Crippen molar-refractivity contribution in [3.05, 3.63) is 29.3 Å². The van der Waals surface area contributed by atoms with Gasteiger partial charge in [-0.15, -0.1) is 0 Å². The molecule has 6 heteroatoms. The summed E-state index contributed by atoms with van der Waals surface area (Å²) in [5, 5.41) is 0. The van der Waals surface area contributed by atoms with Crippen molar-refractivity contribution in [3.8, 4) is 11.8 Å². The van der Waals surface area contributed by atoms with E-state index in [4.69, 9.17) is 10.5 Å². The molecular weight excluding hydrogens is 319 g/mol. The van der Waals surface area contributed by atoms with Gasteiger partial charge in [-0.1, -0.05) is 11.8 Å². The summed E-state index contributed by atoms with van der Waals surface area (Å²) in [7, 11) is 0. The molecule has 1 rings (SSSR count). The van der Waals surface area contributed by atoms with Crippen LogP contribution in [0.25, 0.3) is 0 Å². The lowest BCUT2D eigenvalue weighted by Gasteiger charge is -2.19. The molecule has 0 amide bonds. The molecule has 0 aliphatic rings. The van der Waals surface area contributed by atoms with Crippen LogP contribution in [0.4, 0.5) is 18.9 Å². The monoisotopic (exact) mass is 341 g/mol. The van der Waals surface area contributed by atoms with Crippen molar-refractivity contribution >= 4 is 11.7 Å². The lowest BCUT2D eigenvalue weighted by molar-refractivity contribution is -0.154. The van der Waals surface area contributed by atoms with E-state index >= 15 is 0 Å². The SMILES string of the molecule is CC(C)(C)OC(=O)CCCCC#Cc1cc(C(F)(F)F)ccc1N. The third-order valence-electron chi connectivity index (χ3n) is 2.96. The van der Waals surface area contributed by atoms with Crippen molar-refractivity contribution in [2.24, 2.45) is 0 Å². The number of carbonyl (C=O) groups is 1. The van der Waals surface area contributed by atoms with Crippen molar-refractivity contribution in [2.45, 2.75) is 58.2 Å². The smallest absolute Gasteiger partial charge is 0.416 e. The van der Waals surface area contributed by atoms with E-state index in [1.165, 1.54) is 6.07 Å². The second-order valence-electron chi connectivity index (χ2n) is 6.40. The molecule has 1 aromatic rings. The van der Waals surface area contributed by atoms with E-state index < -0.39 is 17.3 Å². The van der Waals surface area contributed by atoms with Crippen LogP contribution in [-0.2, 0) is 15.7 Å². The Morgan fingerprint density at radius 2 is 1.88 bits per heavy atom. The number of carbonyl (C=O) groups excluding carboxylic acids is 1. The summed E-state index contributed by atoms with van der Waals surface area (Å²) in [6.07, 6.45) is -2.38. The van der Waals surface area contributed by atoms with Crippen molar-refractivity contribution in [2.75, 3.05) is 5.73 Å². The summed E-state index contributed by atoms with van der Waals surface area (Å²) in [4.78, 5) is 11.5. The summed E-state index contributed by atoms with van der Waals surface area (Å²) in [5.41, 5.74) is 4.74. The number of benzene rings is 1. The maximum absolute atomic E-state index is 12.6. The fourth-order valence-corrected chi connectivity index (χ4v) is 1.87. The van der Waals surface area contributed by atoms with E-state index in [9.17, 15) is 18.0 Å². The largest absolute Gasteiger partial charge is 0.460 e. The number of rotatable bonds is 4. The Morgan fingerprint density at radius 3 is 2.46 bits per heavy atom. The zero-order valence-corrected chi connectivity index (χ0v) is 14.1. The lowest BCUT2D eigenvalue weighted by Crippen LogP contribution is -2.23. The highest BCUT2D eigenvalue weighted by Gasteiger charge is 2.30. The van der Waals surface area contributed by atoms with E-state index in [-0.39, 0.29) is 17.2 Å². The van der Waals surface area contributed by atoms with Crippen molar-refractivity contribution in [1.29, 1.82) is 0 Å². The Balaban J connectivity index is 2.49. The number of hydrogen-bond donors (Lipinski definition) is 1. The summed E-state index contributed by atoms with van der Waals surface area (Å²) < 4.78 is 43.1. The van der Waals surface area contributed by atoms with Gasteiger partial charge < -0.3 is 10.5 Å². The molecule has 0 unspecified atom stereocenters. The molecule has 0 spiro atoms. The first-order chi connectivity index (χ1) is 11.0. The first-order valence-corrected chi connectivity index (χ1v) is 7.66. The summed E-state index contributed by atoms with van der Waals surface area (Å²) in [6, 6.07) is 3.08. The molecule has 24 heavy (non-hydrogen) atoms. The van der Waals surface area contributed by atoms with Gasteiger partial charge in [-0.25, -0.2) is 0 Å². The number of halogens is 3. The highest BCUT2D eigenvalue weighted by Crippen LogP contribution is 2.30. The number of nitrogens with two attached hydrogens (primary N) is 1. The summed E-state index contributed by atoms with van der Waals surface area (Å²) >= 11 is 0. The van der Waals surface area contributed by atoms with Crippen LogP contribution < -0.4 is 5.73 Å². The Morgan fingerprint density at radius 1 is 1.21 bits per heavy atom. The fraction of sp³-hybridized carbons (Fsp3) is 0.500. The van der Waals surface area contributed by atoms with Crippen molar-refractivity contribution in [1.82, 2.24) is 0 Å². The van der Waals surface area contributed by atoms with Gasteiger partial charge in [0, 0.05) is 24.1 Å². The van der Waals surface area contributed by atoms with Crippen molar-refractivity contribution in [3.63, 3.8) is 0 Å². The first-order valence-electron chi connectivity index (χ1n) is 7.66. The van der Waals surface area contributed by atoms with Crippen LogP contribution >= 0.6 is 0 Å². The fourth-order valence-electron chi connectivity index (χ4n) is 1.87. The second kappa shape index (κ2) is 8.09. The van der Waals surface area contributed by atoms with Gasteiger partial charge in [-0.2, -0.15) is 13.2 Å². The zero-order valence-electron chi connectivity index (χ0n) is 14.1. The third kappa shape index (κ3) is 7.40. The quantitative estimate of drug-likeness (QED) is 0.378. The van der Waals surface area contributed by atoms with Crippen LogP contribution in [0.3, 0.4) is 0 Å². The molecule has 0 fully saturated rings. The van der Waals surface area contributed by atoms with Crippen LogP contribution in [0.15, 0.2) is 18.2 Å². The Bertz CT molecular complexity index is 634. The summed E-state index contributed by atoms with van der Waals surface area (Å²) in [6.45, 7) is 5.40. The number of nitrogen functional groups attached to an aromatic ring is 1. The predicted octanol–water partition coefficient (Wildman–Crippen LogP) is 4.54. The van der Waals surface area contributed by atoms with E-state index in [1.807, 2.05) is 0 Å². The molecule has 132 valence electrons. The molecule has 0 aliphatic carbocycles. The van der Waals surface area contributed by atoms with Gasteiger partial charge in [0.1, 0.15) is 5.60 Å². The highest BCUT2D eigenvalue weighted by atomic mass is 19.4. The molecule has 0 heterocycles. The van der Waals surface area contributed by atoms with Crippen LogP contribution in [0.5, 0.6) is 0 Å². The van der Waals surface area contributed by atoms with Gasteiger partial charge >= 0.3 is 12.1 Å². The predicted molar refractivity (Wildman–Crippen MR) is 87.0 cm³/mol. The number of anilines is 1. The minimum atomic E-state index is -4.42. The minimum Gasteiger partial charge on any atom is -0.460 e. The molecule has 0 radical (unpaired) electrons. The van der Waals surface area contributed by atoms with E-state index in [1.54, 1.807) is 20.8 Å². The zero-order chi connectivity index (χ0) is 18.4. The second-order valence-corrected chi connectivity index (χ2v) is 6.40. The van der Waals surface area contributed by atoms with E-state index in [0.717, 1.165) is 12.1 Å². The number of hydrogen-bond acceptors (Lipinski definition) is 3. The molecule has 0 aliphatic heterocycles. The Hall–Kier alpha value is -2.16. The van der Waals surface area contributed by atoms with Crippen LogP contribution in [0.1, 0.15) is 57.6 Å². The summed E-state index contributed by atoms with van der Waals surface area (Å²) in [5.74, 6) is 5.19. The van der Waals surface area contributed by atoms with E-state index in [2.05, 4.69) is 11.8 Å². The molecule has 0 aromatic heterocycles. The minimum absolute atomic E-state index is 0.164. The number of unbranched alkanes of at least 4 members (excludes halogenated alkanes) is 2. The Labute approximate surface area is 140 Å². The molecule has 0 saturated heterocycles. The molecule has 0 saturated carbocycles. The maximum Gasteiger partial charge on any atom is 0.416 e.